The third-order valence-electron chi connectivity index (χ3n) is 5.14. The predicted octanol–water partition coefficient (Wildman–Crippen LogP) is 3.15. The SMILES string of the molecule is CCn1ncc2c(Nc3nc(NC(CNC(=O)O)Cn4cccn4)c(F)cc3C#N)cccc21. The molecule has 1 atom stereocenters. The fourth-order valence-corrected chi connectivity index (χ4v) is 3.56. The third-order valence-corrected chi connectivity index (χ3v) is 5.14. The van der Waals surface area contributed by atoms with E-state index in [-0.39, 0.29) is 30.3 Å². The van der Waals surface area contributed by atoms with Gasteiger partial charge in [0.2, 0.25) is 0 Å². The van der Waals surface area contributed by atoms with E-state index in [9.17, 15) is 14.4 Å². The van der Waals surface area contributed by atoms with Gasteiger partial charge in [-0.1, -0.05) is 6.07 Å². The molecule has 3 aromatic heterocycles. The smallest absolute Gasteiger partial charge is 0.404 e. The number of pyridine rings is 1. The maximum Gasteiger partial charge on any atom is 0.404 e. The molecule has 174 valence electrons. The Labute approximate surface area is 193 Å². The van der Waals surface area contributed by atoms with Crippen molar-refractivity contribution in [3.05, 3.63) is 60.3 Å². The highest BCUT2D eigenvalue weighted by Crippen LogP contribution is 2.29. The van der Waals surface area contributed by atoms with E-state index in [1.807, 2.05) is 35.9 Å². The van der Waals surface area contributed by atoms with Crippen LogP contribution in [-0.4, -0.2) is 48.3 Å². The van der Waals surface area contributed by atoms with E-state index in [0.29, 0.717) is 12.2 Å². The summed E-state index contributed by atoms with van der Waals surface area (Å²) in [4.78, 5) is 15.3. The first kappa shape index (κ1) is 22.5. The minimum absolute atomic E-state index is 0.0193. The average molecular weight is 463 g/mol. The van der Waals surface area contributed by atoms with Crippen LogP contribution in [-0.2, 0) is 13.1 Å². The van der Waals surface area contributed by atoms with E-state index in [1.54, 1.807) is 29.3 Å². The topological polar surface area (TPSA) is 146 Å². The second-order valence-electron chi connectivity index (χ2n) is 7.41. The summed E-state index contributed by atoms with van der Waals surface area (Å²) in [5.41, 5.74) is 1.60. The summed E-state index contributed by atoms with van der Waals surface area (Å²) in [6.07, 6.45) is 3.81. The van der Waals surface area contributed by atoms with Gasteiger partial charge in [0.25, 0.3) is 0 Å². The zero-order valence-electron chi connectivity index (χ0n) is 18.2. The minimum Gasteiger partial charge on any atom is -0.465 e. The van der Waals surface area contributed by atoms with Gasteiger partial charge in [0.05, 0.1) is 35.6 Å². The Morgan fingerprint density at radius 2 is 2.15 bits per heavy atom. The number of aryl methyl sites for hydroxylation is 1. The van der Waals surface area contributed by atoms with E-state index >= 15 is 0 Å². The summed E-state index contributed by atoms with van der Waals surface area (Å²) in [5, 5.41) is 36.2. The number of carboxylic acid groups (broad SMARTS) is 1. The number of carbonyl (C=O) groups is 1. The van der Waals surface area contributed by atoms with Crippen molar-refractivity contribution in [3.63, 3.8) is 0 Å². The Morgan fingerprint density at radius 3 is 2.85 bits per heavy atom. The summed E-state index contributed by atoms with van der Waals surface area (Å²) in [7, 11) is 0. The van der Waals surface area contributed by atoms with Crippen LogP contribution in [0.3, 0.4) is 0 Å². The molecular weight excluding hydrogens is 441 g/mol. The maximum atomic E-state index is 14.8. The lowest BCUT2D eigenvalue weighted by Gasteiger charge is -2.20. The summed E-state index contributed by atoms with van der Waals surface area (Å²) >= 11 is 0. The van der Waals surface area contributed by atoms with Crippen LogP contribution in [0.15, 0.2) is 48.9 Å². The molecular formula is C22H22FN9O2. The monoisotopic (exact) mass is 463 g/mol. The quantitative estimate of drug-likeness (QED) is 0.296. The van der Waals surface area contributed by atoms with Crippen LogP contribution in [0.2, 0.25) is 0 Å². The lowest BCUT2D eigenvalue weighted by Crippen LogP contribution is -2.39. The van der Waals surface area contributed by atoms with E-state index in [0.717, 1.165) is 17.0 Å². The normalized spacial score (nSPS) is 11.7. The molecule has 4 aromatic rings. The number of nitrogens with one attached hydrogen (secondary N) is 3. The summed E-state index contributed by atoms with van der Waals surface area (Å²) < 4.78 is 18.3. The molecule has 4 rings (SSSR count). The zero-order valence-corrected chi connectivity index (χ0v) is 18.2. The van der Waals surface area contributed by atoms with Gasteiger partial charge in [-0.25, -0.2) is 14.2 Å². The van der Waals surface area contributed by atoms with Gasteiger partial charge in [0, 0.05) is 30.9 Å². The second kappa shape index (κ2) is 9.86. The molecule has 0 aliphatic heterocycles. The number of amides is 1. The van der Waals surface area contributed by atoms with Gasteiger partial charge in [0.15, 0.2) is 17.5 Å². The van der Waals surface area contributed by atoms with Gasteiger partial charge in [-0.05, 0) is 31.2 Å². The number of fused-ring (bicyclic) bond motifs is 1. The molecule has 1 aromatic carbocycles. The van der Waals surface area contributed by atoms with Gasteiger partial charge < -0.3 is 21.1 Å². The molecule has 12 heteroatoms. The molecule has 0 aliphatic rings. The fraction of sp³-hybridized carbons (Fsp3) is 0.227. The number of rotatable bonds is 9. The number of nitriles is 1. The molecule has 3 heterocycles. The maximum absolute atomic E-state index is 14.8. The van der Waals surface area contributed by atoms with Crippen molar-refractivity contribution in [2.75, 3.05) is 17.2 Å². The third kappa shape index (κ3) is 4.88. The van der Waals surface area contributed by atoms with Crippen molar-refractivity contribution in [2.24, 2.45) is 0 Å². The van der Waals surface area contributed by atoms with E-state index < -0.39 is 18.0 Å². The van der Waals surface area contributed by atoms with E-state index in [1.165, 1.54) is 0 Å². The van der Waals surface area contributed by atoms with Crippen molar-refractivity contribution < 1.29 is 14.3 Å². The first-order valence-electron chi connectivity index (χ1n) is 10.5. The Bertz CT molecular complexity index is 1340. The lowest BCUT2D eigenvalue weighted by atomic mass is 10.2. The highest BCUT2D eigenvalue weighted by Gasteiger charge is 2.18. The summed E-state index contributed by atoms with van der Waals surface area (Å²) in [5.74, 6) is -0.700. The summed E-state index contributed by atoms with van der Waals surface area (Å²) in [6, 6.07) is 9.81. The Kier molecular flexibility index (Phi) is 6.54. The Morgan fingerprint density at radius 1 is 1.29 bits per heavy atom. The van der Waals surface area contributed by atoms with Crippen LogP contribution in [0.25, 0.3) is 10.9 Å². The van der Waals surface area contributed by atoms with Crippen LogP contribution < -0.4 is 16.0 Å². The Balaban J connectivity index is 1.65. The molecule has 0 aliphatic carbocycles. The molecule has 0 spiro atoms. The fourth-order valence-electron chi connectivity index (χ4n) is 3.56. The van der Waals surface area contributed by atoms with Gasteiger partial charge in [-0.3, -0.25) is 9.36 Å². The first-order chi connectivity index (χ1) is 16.5. The molecule has 1 unspecified atom stereocenters. The number of hydrogen-bond acceptors (Lipinski definition) is 7. The molecule has 1 amide bonds. The average Bonchev–Trinajstić information content (AvgIpc) is 3.49. The number of halogens is 1. The van der Waals surface area contributed by atoms with Crippen molar-refractivity contribution in [3.8, 4) is 6.07 Å². The summed E-state index contributed by atoms with van der Waals surface area (Å²) in [6.45, 7) is 2.92. The van der Waals surface area contributed by atoms with Crippen molar-refractivity contribution in [1.29, 1.82) is 5.26 Å². The van der Waals surface area contributed by atoms with Crippen LogP contribution in [0.1, 0.15) is 12.5 Å². The highest BCUT2D eigenvalue weighted by atomic mass is 19.1. The van der Waals surface area contributed by atoms with Crippen LogP contribution >= 0.6 is 0 Å². The van der Waals surface area contributed by atoms with Gasteiger partial charge in [0.1, 0.15) is 6.07 Å². The molecule has 4 N–H and O–H groups in total. The van der Waals surface area contributed by atoms with Crippen LogP contribution in [0, 0.1) is 17.1 Å². The largest absolute Gasteiger partial charge is 0.465 e. The molecule has 11 nitrogen and oxygen atoms in total. The lowest BCUT2D eigenvalue weighted by molar-refractivity contribution is 0.193. The minimum atomic E-state index is -1.20. The van der Waals surface area contributed by atoms with Gasteiger partial charge >= 0.3 is 6.09 Å². The molecule has 0 bridgehead atoms. The molecule has 0 radical (unpaired) electrons. The standard InChI is InChI=1S/C22H22FN9O2/c1-2-32-19-6-3-5-18(16(19)12-27-32)29-20-14(10-24)9-17(23)21(30-20)28-15(11-25-22(33)34)13-31-8-4-7-26-31/h3-9,12,15,25H,2,11,13H2,1H3,(H,33,34)(H2,28,29,30). The second-order valence-corrected chi connectivity index (χ2v) is 7.41. The van der Waals surface area contributed by atoms with Crippen LogP contribution in [0.5, 0.6) is 0 Å². The first-order valence-corrected chi connectivity index (χ1v) is 10.5. The molecule has 34 heavy (non-hydrogen) atoms. The number of anilines is 3. The van der Waals surface area contributed by atoms with Crippen molar-refractivity contribution in [1.82, 2.24) is 29.9 Å². The van der Waals surface area contributed by atoms with E-state index in [4.69, 9.17) is 5.11 Å². The highest BCUT2D eigenvalue weighted by molar-refractivity contribution is 5.93. The number of aromatic nitrogens is 5. The van der Waals surface area contributed by atoms with Gasteiger partial charge in [-0.2, -0.15) is 15.5 Å². The predicted molar refractivity (Wildman–Crippen MR) is 123 cm³/mol. The van der Waals surface area contributed by atoms with Crippen LogP contribution in [0.4, 0.5) is 26.5 Å². The Hall–Kier alpha value is -4.66. The van der Waals surface area contributed by atoms with Crippen molar-refractivity contribution >= 4 is 34.3 Å². The number of benzene rings is 1. The number of hydrogen-bond donors (Lipinski definition) is 4. The van der Waals surface area contributed by atoms with Crippen molar-refractivity contribution in [2.45, 2.75) is 26.1 Å². The molecule has 0 saturated heterocycles. The van der Waals surface area contributed by atoms with Gasteiger partial charge in [-0.15, -0.1) is 0 Å². The zero-order chi connectivity index (χ0) is 24.1. The molecule has 0 saturated carbocycles. The van der Waals surface area contributed by atoms with E-state index in [2.05, 4.69) is 31.1 Å². The number of nitrogens with zero attached hydrogens (tertiary/aromatic N) is 6. The molecule has 0 fully saturated rings.